The highest BCUT2D eigenvalue weighted by Crippen LogP contribution is 2.40. The number of hydrogen-bond donors (Lipinski definition) is 0. The molecule has 1 heteroatoms. The third kappa shape index (κ3) is 5.49. The van der Waals surface area contributed by atoms with Crippen molar-refractivity contribution in [2.24, 2.45) is 29.6 Å². The Morgan fingerprint density at radius 3 is 1.31 bits per heavy atom. The van der Waals surface area contributed by atoms with Crippen LogP contribution in [0.1, 0.15) is 109 Å². The molecule has 0 spiro atoms. The molecule has 4 aliphatic rings. The molecule has 1 saturated heterocycles. The molecule has 1 nitrogen and oxygen atoms in total. The van der Waals surface area contributed by atoms with Gasteiger partial charge in [-0.3, -0.25) is 0 Å². The first-order valence-electron chi connectivity index (χ1n) is 12.6. The molecule has 0 radical (unpaired) electrons. The molecule has 3 saturated carbocycles. The Morgan fingerprint density at radius 2 is 0.923 bits per heavy atom. The van der Waals surface area contributed by atoms with E-state index in [0.29, 0.717) is 0 Å². The van der Waals surface area contributed by atoms with Crippen LogP contribution < -0.4 is 0 Å². The fourth-order valence-electron chi connectivity index (χ4n) is 6.18. The highest BCUT2D eigenvalue weighted by molar-refractivity contribution is 4.81. The van der Waals surface area contributed by atoms with Gasteiger partial charge in [-0.25, -0.2) is 0 Å². The predicted molar refractivity (Wildman–Crippen MR) is 112 cm³/mol. The van der Waals surface area contributed by atoms with E-state index >= 15 is 0 Å². The molecular weight excluding hydrogens is 314 g/mol. The number of rotatable bonds is 8. The maximum Gasteiger partial charge on any atom is 0.000965 e. The summed E-state index contributed by atoms with van der Waals surface area (Å²) in [4.78, 5) is 2.86. The zero-order valence-corrected chi connectivity index (χ0v) is 17.5. The summed E-state index contributed by atoms with van der Waals surface area (Å²) in [7, 11) is 0. The van der Waals surface area contributed by atoms with Crippen molar-refractivity contribution >= 4 is 0 Å². The van der Waals surface area contributed by atoms with E-state index in [9.17, 15) is 0 Å². The van der Waals surface area contributed by atoms with E-state index in [1.165, 1.54) is 64.6 Å². The smallest absolute Gasteiger partial charge is 0.000965 e. The van der Waals surface area contributed by atoms with E-state index in [0.717, 1.165) is 29.6 Å². The second-order valence-electron chi connectivity index (χ2n) is 10.7. The van der Waals surface area contributed by atoms with E-state index in [4.69, 9.17) is 0 Å². The van der Waals surface area contributed by atoms with Crippen molar-refractivity contribution in [2.45, 2.75) is 109 Å². The summed E-state index contributed by atoms with van der Waals surface area (Å²) in [5, 5.41) is 0. The van der Waals surface area contributed by atoms with E-state index in [1.807, 2.05) is 0 Å². The molecule has 2 atom stereocenters. The van der Waals surface area contributed by atoms with Gasteiger partial charge < -0.3 is 4.90 Å². The summed E-state index contributed by atoms with van der Waals surface area (Å²) in [6.07, 6.45) is 26.1. The van der Waals surface area contributed by atoms with Crippen LogP contribution in [0.25, 0.3) is 0 Å². The summed E-state index contributed by atoms with van der Waals surface area (Å²) in [5.41, 5.74) is 0. The molecule has 150 valence electrons. The second kappa shape index (κ2) is 9.94. The molecule has 26 heavy (non-hydrogen) atoms. The van der Waals surface area contributed by atoms with E-state index in [-0.39, 0.29) is 0 Å². The Kier molecular flexibility index (Phi) is 7.38. The standard InChI is InChI=1S/C25H45N/c1-6-21(7-1)14-16-24-12-4-18-26(20-23-10-3-11-23)19-5-13-25(24)17-15-22-8-2-9-22/h21-25H,1-20H2. The lowest BCUT2D eigenvalue weighted by molar-refractivity contribution is 0.174. The third-order valence-electron chi connectivity index (χ3n) is 8.85. The highest BCUT2D eigenvalue weighted by atomic mass is 15.1. The van der Waals surface area contributed by atoms with Crippen molar-refractivity contribution in [3.63, 3.8) is 0 Å². The molecule has 1 heterocycles. The van der Waals surface area contributed by atoms with Crippen LogP contribution in [-0.2, 0) is 0 Å². The van der Waals surface area contributed by atoms with Gasteiger partial charge in [-0.15, -0.1) is 0 Å². The van der Waals surface area contributed by atoms with Gasteiger partial charge in [-0.2, -0.15) is 0 Å². The Bertz CT molecular complexity index is 363. The average Bonchev–Trinajstić information content (AvgIpc) is 2.59. The van der Waals surface area contributed by atoms with Crippen LogP contribution >= 0.6 is 0 Å². The lowest BCUT2D eigenvalue weighted by Gasteiger charge is -2.33. The second-order valence-corrected chi connectivity index (χ2v) is 10.7. The molecule has 0 aromatic heterocycles. The quantitative estimate of drug-likeness (QED) is 0.448. The van der Waals surface area contributed by atoms with Crippen LogP contribution in [0.5, 0.6) is 0 Å². The number of hydrogen-bond acceptors (Lipinski definition) is 1. The minimum Gasteiger partial charge on any atom is -0.303 e. The summed E-state index contributed by atoms with van der Waals surface area (Å²) in [6, 6.07) is 0. The minimum absolute atomic E-state index is 1.06. The van der Waals surface area contributed by atoms with Gasteiger partial charge in [0.15, 0.2) is 0 Å². The normalized spacial score (nSPS) is 32.8. The van der Waals surface area contributed by atoms with Gasteiger partial charge >= 0.3 is 0 Å². The Morgan fingerprint density at radius 1 is 0.462 bits per heavy atom. The molecule has 3 aliphatic carbocycles. The van der Waals surface area contributed by atoms with Crippen molar-refractivity contribution in [2.75, 3.05) is 19.6 Å². The minimum atomic E-state index is 1.06. The van der Waals surface area contributed by atoms with Crippen LogP contribution in [0.3, 0.4) is 0 Å². The Labute approximate surface area is 163 Å². The van der Waals surface area contributed by atoms with Gasteiger partial charge in [0.1, 0.15) is 0 Å². The molecule has 0 bridgehead atoms. The van der Waals surface area contributed by atoms with Gasteiger partial charge in [-0.1, -0.05) is 57.8 Å². The van der Waals surface area contributed by atoms with Crippen molar-refractivity contribution in [3.05, 3.63) is 0 Å². The van der Waals surface area contributed by atoms with Crippen molar-refractivity contribution in [1.82, 2.24) is 4.90 Å². The van der Waals surface area contributed by atoms with Crippen molar-refractivity contribution in [1.29, 1.82) is 0 Å². The van der Waals surface area contributed by atoms with Gasteiger partial charge in [0.25, 0.3) is 0 Å². The monoisotopic (exact) mass is 359 g/mol. The fourth-order valence-corrected chi connectivity index (χ4v) is 6.18. The van der Waals surface area contributed by atoms with Gasteiger partial charge in [0.2, 0.25) is 0 Å². The average molecular weight is 360 g/mol. The van der Waals surface area contributed by atoms with Gasteiger partial charge in [0, 0.05) is 6.54 Å². The van der Waals surface area contributed by atoms with Gasteiger partial charge in [0.05, 0.1) is 0 Å². The van der Waals surface area contributed by atoms with Gasteiger partial charge in [-0.05, 0) is 94.0 Å². The van der Waals surface area contributed by atoms with E-state index in [2.05, 4.69) is 4.90 Å². The molecule has 0 aromatic rings. The largest absolute Gasteiger partial charge is 0.303 e. The fraction of sp³-hybridized carbons (Fsp3) is 1.00. The molecule has 0 amide bonds. The first-order valence-corrected chi connectivity index (χ1v) is 12.6. The molecule has 4 fully saturated rings. The Balaban J connectivity index is 1.28. The topological polar surface area (TPSA) is 3.24 Å². The molecule has 0 aromatic carbocycles. The van der Waals surface area contributed by atoms with Crippen LogP contribution in [-0.4, -0.2) is 24.5 Å². The molecule has 1 aliphatic heterocycles. The maximum absolute atomic E-state index is 2.86. The summed E-state index contributed by atoms with van der Waals surface area (Å²) >= 11 is 0. The lowest BCUT2D eigenvalue weighted by atomic mass is 9.73. The number of nitrogens with zero attached hydrogens (tertiary/aromatic N) is 1. The molecule has 0 N–H and O–H groups in total. The molecule has 4 rings (SSSR count). The van der Waals surface area contributed by atoms with Crippen molar-refractivity contribution < 1.29 is 0 Å². The SMILES string of the molecule is C1CC(CCC2CCCN(CC3CCC3)CCCC2CCC2CCC2)C1. The molecular formula is C25H45N. The van der Waals surface area contributed by atoms with Crippen LogP contribution in [0, 0.1) is 29.6 Å². The molecule has 2 unspecified atom stereocenters. The highest BCUT2D eigenvalue weighted by Gasteiger charge is 2.28. The van der Waals surface area contributed by atoms with E-state index < -0.39 is 0 Å². The zero-order chi connectivity index (χ0) is 17.6. The summed E-state index contributed by atoms with van der Waals surface area (Å²) in [5.74, 6) is 5.42. The van der Waals surface area contributed by atoms with Crippen LogP contribution in [0.2, 0.25) is 0 Å². The maximum atomic E-state index is 2.86. The van der Waals surface area contributed by atoms with E-state index in [1.54, 1.807) is 64.2 Å². The first-order chi connectivity index (χ1) is 12.9. The van der Waals surface area contributed by atoms with Crippen molar-refractivity contribution in [3.8, 4) is 0 Å². The Hall–Kier alpha value is -0.0400. The van der Waals surface area contributed by atoms with Crippen LogP contribution in [0.4, 0.5) is 0 Å². The third-order valence-corrected chi connectivity index (χ3v) is 8.85. The zero-order valence-electron chi connectivity index (χ0n) is 17.5. The first kappa shape index (κ1) is 19.3. The lowest BCUT2D eigenvalue weighted by Crippen LogP contribution is -2.34. The summed E-state index contributed by atoms with van der Waals surface area (Å²) < 4.78 is 0. The summed E-state index contributed by atoms with van der Waals surface area (Å²) in [6.45, 7) is 4.25. The van der Waals surface area contributed by atoms with Crippen LogP contribution in [0.15, 0.2) is 0 Å². The predicted octanol–water partition coefficient (Wildman–Crippen LogP) is 7.06.